The molecule has 7 rings (SSSR count). The number of thioether (sulfide) groups is 1. The molecule has 0 unspecified atom stereocenters. The summed E-state index contributed by atoms with van der Waals surface area (Å²) in [6, 6.07) is 23.3. The van der Waals surface area contributed by atoms with Crippen molar-refractivity contribution >= 4 is 47.3 Å². The molecule has 11 atom stereocenters. The Bertz CT molecular complexity index is 2360. The lowest BCUT2D eigenvalue weighted by Gasteiger charge is -2.64. The molecule has 1 saturated heterocycles. The predicted octanol–water partition coefficient (Wildman–Crippen LogP) is 5.47. The maximum atomic E-state index is 16.1. The van der Waals surface area contributed by atoms with E-state index in [2.05, 4.69) is 5.32 Å². The number of hydrogen-bond donors (Lipinski definition) is 3. The summed E-state index contributed by atoms with van der Waals surface area (Å²) in [4.78, 5) is 85.2. The van der Waals surface area contributed by atoms with Gasteiger partial charge >= 0.3 is 23.9 Å². The molecule has 2 saturated carbocycles. The quantitative estimate of drug-likeness (QED) is 0.0840. The third-order valence-corrected chi connectivity index (χ3v) is 14.5. The van der Waals surface area contributed by atoms with Crippen LogP contribution >= 0.6 is 11.8 Å². The van der Waals surface area contributed by atoms with E-state index in [9.17, 15) is 34.2 Å². The molecule has 16 heteroatoms. The van der Waals surface area contributed by atoms with Crippen molar-refractivity contribution in [1.29, 1.82) is 0 Å². The van der Waals surface area contributed by atoms with Gasteiger partial charge in [0.05, 0.1) is 41.6 Å². The lowest BCUT2D eigenvalue weighted by Crippen LogP contribution is -2.78. The van der Waals surface area contributed by atoms with Gasteiger partial charge in [0.2, 0.25) is 0 Å². The van der Waals surface area contributed by atoms with Gasteiger partial charge in [-0.1, -0.05) is 80.6 Å². The lowest BCUT2D eigenvalue weighted by molar-refractivity contribution is -0.314. The van der Waals surface area contributed by atoms with Gasteiger partial charge in [0.1, 0.15) is 23.9 Å². The van der Waals surface area contributed by atoms with E-state index in [1.54, 1.807) is 107 Å². The van der Waals surface area contributed by atoms with E-state index in [1.165, 1.54) is 30.8 Å². The molecule has 1 aliphatic heterocycles. The smallest absolute Gasteiger partial charge is 0.338 e. The minimum atomic E-state index is -2.35. The molecular formula is C50H57NO14S. The molecule has 66 heavy (non-hydrogen) atoms. The zero-order chi connectivity index (χ0) is 47.8. The summed E-state index contributed by atoms with van der Waals surface area (Å²) in [6.45, 7) is 8.51. The third-order valence-electron chi connectivity index (χ3n) is 14.1. The number of aliphatic hydroxyl groups excluding tert-OH is 1. The van der Waals surface area contributed by atoms with Crippen LogP contribution in [0.3, 0.4) is 0 Å². The largest absolute Gasteiger partial charge is 0.456 e. The number of aliphatic hydroxyl groups is 2. The highest BCUT2D eigenvalue weighted by Gasteiger charge is 2.77. The Kier molecular flexibility index (Phi) is 14.0. The molecule has 3 aliphatic carbocycles. The van der Waals surface area contributed by atoms with E-state index in [1.807, 2.05) is 6.26 Å². The molecule has 1 amide bonds. The minimum Gasteiger partial charge on any atom is -0.456 e. The lowest BCUT2D eigenvalue weighted by atomic mass is 9.47. The number of rotatable bonds is 13. The number of ketones is 1. The summed E-state index contributed by atoms with van der Waals surface area (Å²) in [6.07, 6.45) is -7.10. The van der Waals surface area contributed by atoms with Crippen LogP contribution in [0.4, 0.5) is 0 Å². The van der Waals surface area contributed by atoms with Gasteiger partial charge in [-0.15, -0.1) is 11.8 Å². The second-order valence-electron chi connectivity index (χ2n) is 18.2. The fourth-order valence-electron chi connectivity index (χ4n) is 10.8. The van der Waals surface area contributed by atoms with E-state index in [4.69, 9.17) is 28.4 Å². The predicted molar refractivity (Wildman–Crippen MR) is 240 cm³/mol. The number of ether oxygens (including phenoxy) is 6. The van der Waals surface area contributed by atoms with E-state index >= 15 is 4.79 Å². The van der Waals surface area contributed by atoms with Crippen molar-refractivity contribution < 1.29 is 67.4 Å². The van der Waals surface area contributed by atoms with Crippen LogP contribution in [0, 0.1) is 16.7 Å². The Morgan fingerprint density at radius 1 is 0.848 bits per heavy atom. The van der Waals surface area contributed by atoms with Crippen molar-refractivity contribution in [3.63, 3.8) is 0 Å². The molecule has 3 N–H and O–H groups in total. The molecule has 0 aromatic heterocycles. The number of nitrogens with one attached hydrogen (secondary N) is 1. The summed E-state index contributed by atoms with van der Waals surface area (Å²) in [5.74, 6) is -6.26. The van der Waals surface area contributed by atoms with E-state index in [-0.39, 0.29) is 47.7 Å². The molecule has 352 valence electrons. The van der Waals surface area contributed by atoms with E-state index in [0.717, 1.165) is 6.92 Å². The normalized spacial score (nSPS) is 30.8. The van der Waals surface area contributed by atoms with Crippen LogP contribution in [-0.4, -0.2) is 112 Å². The first kappa shape index (κ1) is 48.5. The van der Waals surface area contributed by atoms with Gasteiger partial charge in [0.15, 0.2) is 23.6 Å². The number of Topliss-reactive ketones (excluding diaryl/α,β-unsaturated/α-hetero) is 1. The average Bonchev–Trinajstić information content (AvgIpc) is 3.35. The Morgan fingerprint density at radius 3 is 2.02 bits per heavy atom. The molecule has 4 aliphatic rings. The molecule has 0 spiro atoms. The first-order valence-corrected chi connectivity index (χ1v) is 23.3. The van der Waals surface area contributed by atoms with E-state index < -0.39 is 113 Å². The van der Waals surface area contributed by atoms with Crippen molar-refractivity contribution in [2.45, 2.75) is 115 Å². The number of benzene rings is 3. The first-order chi connectivity index (χ1) is 31.3. The van der Waals surface area contributed by atoms with Gasteiger partial charge in [-0.25, -0.2) is 9.59 Å². The number of carbonyl (C=O) groups is 6. The molecule has 3 aromatic rings. The maximum Gasteiger partial charge on any atom is 0.338 e. The highest BCUT2D eigenvalue weighted by Crippen LogP contribution is 2.64. The van der Waals surface area contributed by atoms with Crippen molar-refractivity contribution in [2.75, 3.05) is 18.8 Å². The van der Waals surface area contributed by atoms with Crippen LogP contribution in [0.2, 0.25) is 0 Å². The van der Waals surface area contributed by atoms with Crippen LogP contribution in [-0.2, 0) is 47.6 Å². The number of carbonyl (C=O) groups excluding carboxylic acids is 6. The summed E-state index contributed by atoms with van der Waals surface area (Å²) in [7, 11) is 0. The van der Waals surface area contributed by atoms with Crippen molar-refractivity contribution in [1.82, 2.24) is 5.32 Å². The topological polar surface area (TPSA) is 210 Å². The fourth-order valence-corrected chi connectivity index (χ4v) is 11.1. The summed E-state index contributed by atoms with van der Waals surface area (Å²) in [5.41, 5.74) is -6.51. The van der Waals surface area contributed by atoms with Gasteiger partial charge in [-0.05, 0) is 73.9 Å². The standard InChI is InChI=1S/C50H57NO14S/c1-28-34(63-46(58)39(54)38(31-17-11-8-12-18-31)51-44(56)32-19-13-9-14-20-32)25-50(59)43(64-45(57)33-21-15-10-16-22-33)41-48(6,42(55)40(62-29(2)52)37(28)47(50,4)5)35(61-27-66-7)23-24-36-49(41,26-60-36)65-30(3)53/h8-22,34-36,38-41,43,54,59H,23-27H2,1-7H3,(H,51,56)/t34-,35-,36+,38-,39+,40+,41-,43-,48+,49-,50+/m0/s1. The van der Waals surface area contributed by atoms with Crippen LogP contribution in [0.15, 0.2) is 102 Å². The summed E-state index contributed by atoms with van der Waals surface area (Å²) in [5, 5.41) is 28.6. The van der Waals surface area contributed by atoms with Crippen molar-refractivity contribution in [3.05, 3.63) is 119 Å². The van der Waals surface area contributed by atoms with Gasteiger partial charge in [-0.3, -0.25) is 19.2 Å². The monoisotopic (exact) mass is 927 g/mol. The Morgan fingerprint density at radius 2 is 1.45 bits per heavy atom. The number of fused-ring (bicyclic) bond motifs is 5. The van der Waals surface area contributed by atoms with Gasteiger partial charge in [0.25, 0.3) is 5.91 Å². The van der Waals surface area contributed by atoms with Gasteiger partial charge in [0, 0.05) is 31.2 Å². The molecular weight excluding hydrogens is 871 g/mol. The second-order valence-corrected chi connectivity index (χ2v) is 19.1. The fraction of sp³-hybridized carbons (Fsp3) is 0.480. The zero-order valence-corrected chi connectivity index (χ0v) is 38.8. The second kappa shape index (κ2) is 19.1. The third kappa shape index (κ3) is 8.58. The van der Waals surface area contributed by atoms with Crippen molar-refractivity contribution in [3.8, 4) is 0 Å². The average molecular weight is 928 g/mol. The molecule has 3 aromatic carbocycles. The van der Waals surface area contributed by atoms with Crippen LogP contribution < -0.4 is 5.32 Å². The summed E-state index contributed by atoms with van der Waals surface area (Å²) < 4.78 is 37.8. The van der Waals surface area contributed by atoms with Gasteiger partial charge < -0.3 is 44.0 Å². The highest BCUT2D eigenvalue weighted by atomic mass is 32.2. The van der Waals surface area contributed by atoms with E-state index in [0.29, 0.717) is 5.56 Å². The minimum absolute atomic E-state index is 0.0666. The summed E-state index contributed by atoms with van der Waals surface area (Å²) >= 11 is 1.35. The van der Waals surface area contributed by atoms with Crippen LogP contribution in [0.5, 0.6) is 0 Å². The van der Waals surface area contributed by atoms with Gasteiger partial charge in [-0.2, -0.15) is 0 Å². The first-order valence-electron chi connectivity index (χ1n) is 21.9. The SMILES string of the molecule is CSCO[C@H]1CC[C@H]2OC[C@@]2(OC(C)=O)[C@H]2[C@H](OC(=O)c3ccccc3)[C@]3(O)C[C@H](OC(=O)[C@H](O)[C@@H](NC(=O)c4ccccc4)c4ccccc4)C(C)=C([C@@H](OC(C)=O)C(=O)[C@]12C)C3(C)C. The van der Waals surface area contributed by atoms with Crippen LogP contribution in [0.25, 0.3) is 0 Å². The number of hydrogen-bond acceptors (Lipinski definition) is 15. The maximum absolute atomic E-state index is 16.1. The zero-order valence-electron chi connectivity index (χ0n) is 38.0. The molecule has 2 bridgehead atoms. The number of esters is 4. The highest BCUT2D eigenvalue weighted by molar-refractivity contribution is 7.98. The molecule has 1 heterocycles. The molecule has 0 radical (unpaired) electrons. The Balaban J connectivity index is 1.43. The molecule has 15 nitrogen and oxygen atoms in total. The Hall–Kier alpha value is -5.39. The number of amides is 1. The van der Waals surface area contributed by atoms with Crippen molar-refractivity contribution in [2.24, 2.45) is 16.7 Å². The van der Waals surface area contributed by atoms with Crippen LogP contribution in [0.1, 0.15) is 93.1 Å². The Labute approximate surface area is 387 Å². The molecule has 3 fully saturated rings.